The van der Waals surface area contributed by atoms with Crippen LogP contribution in [0, 0.1) is 12.7 Å². The second-order valence-corrected chi connectivity index (χ2v) is 8.87. The molecule has 0 amide bonds. The van der Waals surface area contributed by atoms with Crippen LogP contribution in [0.25, 0.3) is 11.1 Å². The van der Waals surface area contributed by atoms with E-state index in [9.17, 15) is 13.6 Å². The number of alkyl halides is 4. The van der Waals surface area contributed by atoms with E-state index in [1.807, 2.05) is 31.2 Å². The number of halogens is 5. The lowest BCUT2D eigenvalue weighted by Gasteiger charge is -2.32. The summed E-state index contributed by atoms with van der Waals surface area (Å²) in [6.45, 7) is 2.99. The van der Waals surface area contributed by atoms with Crippen LogP contribution >= 0.6 is 0 Å². The first-order chi connectivity index (χ1) is 17.5. The number of hydrogen-bond acceptors (Lipinski definition) is 4. The first kappa shape index (κ1) is 26.8. The Morgan fingerprint density at radius 2 is 1.68 bits per heavy atom. The molecule has 2 atom stereocenters. The summed E-state index contributed by atoms with van der Waals surface area (Å²) in [5.74, 6) is -1.88. The summed E-state index contributed by atoms with van der Waals surface area (Å²) in [5.41, 5.74) is -0.830. The normalized spacial score (nSPS) is 18.2. The molecule has 4 rings (SSSR count). The lowest BCUT2D eigenvalue weighted by molar-refractivity contribution is -0.289. The third-order valence-corrected chi connectivity index (χ3v) is 6.14. The van der Waals surface area contributed by atoms with E-state index in [1.54, 1.807) is 0 Å². The first-order valence-corrected chi connectivity index (χ1v) is 11.7. The molecule has 3 aromatic carbocycles. The third kappa shape index (κ3) is 6.17. The Morgan fingerprint density at radius 1 is 1.00 bits per heavy atom. The predicted octanol–water partition coefficient (Wildman–Crippen LogP) is 7.65. The van der Waals surface area contributed by atoms with Crippen LogP contribution in [0.4, 0.5) is 22.0 Å². The highest BCUT2D eigenvalue weighted by atomic mass is 19.3. The number of carbonyl (C=O) groups excluding carboxylic acids is 1. The van der Waals surface area contributed by atoms with Gasteiger partial charge in [0, 0.05) is 12.5 Å². The van der Waals surface area contributed by atoms with Crippen molar-refractivity contribution >= 4 is 5.97 Å². The molecule has 0 N–H and O–H groups in total. The standard InChI is InChI=1S/C28H25F5O4/c1-16-3-5-19(6-4-16)24-14-11-21(15-35-24)37-28(32,33)23-13-12-22(26(29)25(23)27(30)31)18-7-9-20(10-8-18)36-17(2)34/h3-10,12-13,21,24,27H,11,14-15H2,1-2H3. The Bertz CT molecular complexity index is 1230. The number of benzene rings is 3. The van der Waals surface area contributed by atoms with E-state index in [-0.39, 0.29) is 36.0 Å². The van der Waals surface area contributed by atoms with E-state index < -0.39 is 41.6 Å². The molecule has 1 heterocycles. The van der Waals surface area contributed by atoms with Crippen molar-refractivity contribution in [2.24, 2.45) is 0 Å². The zero-order valence-electron chi connectivity index (χ0n) is 20.1. The fourth-order valence-corrected chi connectivity index (χ4v) is 4.29. The van der Waals surface area contributed by atoms with Gasteiger partial charge in [-0.25, -0.2) is 13.2 Å². The molecule has 1 fully saturated rings. The molecular weight excluding hydrogens is 495 g/mol. The maximum atomic E-state index is 15.2. The molecular formula is C28H25F5O4. The number of ether oxygens (including phenoxy) is 3. The van der Waals surface area contributed by atoms with E-state index in [0.717, 1.165) is 23.3 Å². The topological polar surface area (TPSA) is 44.8 Å². The van der Waals surface area contributed by atoms with Crippen LogP contribution in [0.15, 0.2) is 60.7 Å². The highest BCUT2D eigenvalue weighted by Crippen LogP contribution is 2.42. The molecule has 1 aliphatic rings. The Hall–Kier alpha value is -3.30. The van der Waals surface area contributed by atoms with Crippen molar-refractivity contribution in [2.75, 3.05) is 6.61 Å². The molecule has 2 unspecified atom stereocenters. The van der Waals surface area contributed by atoms with Crippen LogP contribution in [0.5, 0.6) is 5.75 Å². The highest BCUT2D eigenvalue weighted by molar-refractivity contribution is 5.71. The second-order valence-electron chi connectivity index (χ2n) is 8.87. The Morgan fingerprint density at radius 3 is 2.24 bits per heavy atom. The molecule has 0 bridgehead atoms. The first-order valence-electron chi connectivity index (χ1n) is 11.7. The van der Waals surface area contributed by atoms with Crippen LogP contribution < -0.4 is 4.74 Å². The van der Waals surface area contributed by atoms with E-state index in [0.29, 0.717) is 6.42 Å². The van der Waals surface area contributed by atoms with Gasteiger partial charge in [0.25, 0.3) is 6.43 Å². The lowest BCUT2D eigenvalue weighted by atomic mass is 9.97. The quantitative estimate of drug-likeness (QED) is 0.182. The molecule has 0 aromatic heterocycles. The van der Waals surface area contributed by atoms with Crippen molar-refractivity contribution in [1.29, 1.82) is 0 Å². The SMILES string of the molecule is CC(=O)Oc1ccc(-c2ccc(C(F)(F)OC3CCC(c4ccc(C)cc4)OC3)c(C(F)F)c2F)cc1. The minimum absolute atomic E-state index is 0.147. The average Bonchev–Trinajstić information content (AvgIpc) is 2.84. The number of carbonyl (C=O) groups is 1. The molecule has 0 spiro atoms. The zero-order chi connectivity index (χ0) is 26.7. The molecule has 0 saturated carbocycles. The molecule has 196 valence electrons. The van der Waals surface area contributed by atoms with Gasteiger partial charge in [0.1, 0.15) is 11.6 Å². The minimum atomic E-state index is -4.17. The Kier molecular flexibility index (Phi) is 7.94. The smallest absolute Gasteiger partial charge is 0.384 e. The minimum Gasteiger partial charge on any atom is -0.427 e. The van der Waals surface area contributed by atoms with Crippen LogP contribution in [-0.2, 0) is 20.4 Å². The summed E-state index contributed by atoms with van der Waals surface area (Å²) < 4.78 is 88.6. The number of rotatable bonds is 7. The molecule has 3 aromatic rings. The van der Waals surface area contributed by atoms with Gasteiger partial charge < -0.3 is 14.2 Å². The van der Waals surface area contributed by atoms with Gasteiger partial charge in [-0.1, -0.05) is 48.0 Å². The fourth-order valence-electron chi connectivity index (χ4n) is 4.29. The van der Waals surface area contributed by atoms with Crippen LogP contribution in [-0.4, -0.2) is 18.7 Å². The highest BCUT2D eigenvalue weighted by Gasteiger charge is 2.42. The summed E-state index contributed by atoms with van der Waals surface area (Å²) in [6, 6.07) is 14.8. The van der Waals surface area contributed by atoms with Crippen molar-refractivity contribution in [2.45, 2.75) is 51.4 Å². The largest absolute Gasteiger partial charge is 0.427 e. The lowest BCUT2D eigenvalue weighted by Crippen LogP contribution is -2.34. The Labute approximate surface area is 211 Å². The summed E-state index contributed by atoms with van der Waals surface area (Å²) in [4.78, 5) is 11.1. The number of hydrogen-bond donors (Lipinski definition) is 0. The molecule has 4 nitrogen and oxygen atoms in total. The van der Waals surface area contributed by atoms with Gasteiger partial charge in [-0.15, -0.1) is 0 Å². The van der Waals surface area contributed by atoms with Crippen molar-refractivity contribution in [1.82, 2.24) is 0 Å². The van der Waals surface area contributed by atoms with Gasteiger partial charge in [0.05, 0.1) is 29.9 Å². The number of aryl methyl sites for hydroxylation is 1. The van der Waals surface area contributed by atoms with Crippen molar-refractivity contribution in [3.8, 4) is 16.9 Å². The maximum absolute atomic E-state index is 15.2. The molecule has 9 heteroatoms. The van der Waals surface area contributed by atoms with E-state index in [4.69, 9.17) is 14.2 Å². The van der Waals surface area contributed by atoms with Crippen molar-refractivity contribution < 1.29 is 41.0 Å². The van der Waals surface area contributed by atoms with Crippen LogP contribution in [0.1, 0.15) is 54.5 Å². The molecule has 37 heavy (non-hydrogen) atoms. The maximum Gasteiger partial charge on any atom is 0.384 e. The summed E-state index contributed by atoms with van der Waals surface area (Å²) in [6.07, 6.45) is -8.41. The van der Waals surface area contributed by atoms with Gasteiger partial charge in [0.15, 0.2) is 0 Å². The van der Waals surface area contributed by atoms with Gasteiger partial charge >= 0.3 is 12.1 Å². The van der Waals surface area contributed by atoms with Crippen LogP contribution in [0.3, 0.4) is 0 Å². The van der Waals surface area contributed by atoms with Crippen molar-refractivity contribution in [3.63, 3.8) is 0 Å². The van der Waals surface area contributed by atoms with Gasteiger partial charge in [-0.3, -0.25) is 4.79 Å². The van der Waals surface area contributed by atoms with Crippen molar-refractivity contribution in [3.05, 3.63) is 88.7 Å². The summed E-state index contributed by atoms with van der Waals surface area (Å²) in [7, 11) is 0. The summed E-state index contributed by atoms with van der Waals surface area (Å²) >= 11 is 0. The van der Waals surface area contributed by atoms with Gasteiger partial charge in [-0.2, -0.15) is 8.78 Å². The molecule has 0 aliphatic carbocycles. The molecule has 1 aliphatic heterocycles. The van der Waals surface area contributed by atoms with Gasteiger partial charge in [0.2, 0.25) is 0 Å². The number of esters is 1. The average molecular weight is 520 g/mol. The second kappa shape index (κ2) is 11.0. The fraction of sp³-hybridized carbons (Fsp3) is 0.321. The van der Waals surface area contributed by atoms with Crippen LogP contribution in [0.2, 0.25) is 0 Å². The van der Waals surface area contributed by atoms with Gasteiger partial charge in [-0.05, 0) is 49.1 Å². The third-order valence-electron chi connectivity index (χ3n) is 6.14. The Balaban J connectivity index is 1.52. The van der Waals surface area contributed by atoms with E-state index >= 15 is 13.2 Å². The zero-order valence-corrected chi connectivity index (χ0v) is 20.1. The molecule has 1 saturated heterocycles. The van der Waals surface area contributed by atoms with E-state index in [1.165, 1.54) is 31.2 Å². The molecule has 0 radical (unpaired) electrons. The summed E-state index contributed by atoms with van der Waals surface area (Å²) in [5, 5.41) is 0. The monoisotopic (exact) mass is 520 g/mol. The predicted molar refractivity (Wildman–Crippen MR) is 126 cm³/mol. The van der Waals surface area contributed by atoms with E-state index in [2.05, 4.69) is 0 Å².